The molecule has 0 aromatic heterocycles. The maximum atomic E-state index is 11.6. The third kappa shape index (κ3) is 4.56. The highest BCUT2D eigenvalue weighted by molar-refractivity contribution is 5.70. The summed E-state index contributed by atoms with van der Waals surface area (Å²) in [4.78, 5) is 11.6. The number of hydrogen-bond acceptors (Lipinski definition) is 4. The van der Waals surface area contributed by atoms with E-state index < -0.39 is 0 Å². The molecule has 1 heterocycles. The molecule has 1 aliphatic rings. The molecular weight excluding hydrogens is 242 g/mol. The van der Waals surface area contributed by atoms with Crippen molar-refractivity contribution < 1.29 is 14.3 Å². The highest BCUT2D eigenvalue weighted by Crippen LogP contribution is 2.14. The number of para-hydroxylation sites is 1. The molecule has 1 saturated heterocycles. The quantitative estimate of drug-likeness (QED) is 0.800. The first-order valence-corrected chi connectivity index (χ1v) is 6.78. The number of ether oxygens (including phenoxy) is 2. The molecule has 0 radical (unpaired) electrons. The molecule has 1 aromatic rings. The number of aryl methyl sites for hydroxylation is 1. The van der Waals surface area contributed by atoms with Crippen LogP contribution in [-0.4, -0.2) is 32.3 Å². The molecule has 0 spiro atoms. The van der Waals surface area contributed by atoms with E-state index in [1.807, 2.05) is 31.2 Å². The van der Waals surface area contributed by atoms with E-state index in [-0.39, 0.29) is 5.97 Å². The van der Waals surface area contributed by atoms with Crippen LogP contribution in [0.4, 0.5) is 5.69 Å². The lowest BCUT2D eigenvalue weighted by atomic mass is 10.1. The fraction of sp³-hybridized carbons (Fsp3) is 0.533. The summed E-state index contributed by atoms with van der Waals surface area (Å²) < 4.78 is 10.5. The third-order valence-corrected chi connectivity index (χ3v) is 3.29. The summed E-state index contributed by atoms with van der Waals surface area (Å²) in [6, 6.07) is 8.03. The molecule has 19 heavy (non-hydrogen) atoms. The van der Waals surface area contributed by atoms with Crippen LogP contribution < -0.4 is 5.32 Å². The monoisotopic (exact) mass is 263 g/mol. The summed E-state index contributed by atoms with van der Waals surface area (Å²) >= 11 is 0. The van der Waals surface area contributed by atoms with Crippen LogP contribution in [0.25, 0.3) is 0 Å². The predicted molar refractivity (Wildman–Crippen MR) is 74.2 cm³/mol. The molecule has 0 saturated carbocycles. The predicted octanol–water partition coefficient (Wildman–Crippen LogP) is 2.38. The zero-order valence-corrected chi connectivity index (χ0v) is 11.4. The summed E-state index contributed by atoms with van der Waals surface area (Å²) in [5.41, 5.74) is 2.25. The van der Waals surface area contributed by atoms with Gasteiger partial charge in [-0.05, 0) is 25.0 Å². The summed E-state index contributed by atoms with van der Waals surface area (Å²) in [7, 11) is 0. The van der Waals surface area contributed by atoms with E-state index in [4.69, 9.17) is 9.47 Å². The zero-order chi connectivity index (χ0) is 13.5. The Balaban J connectivity index is 1.62. The van der Waals surface area contributed by atoms with Crippen LogP contribution in [0.15, 0.2) is 24.3 Å². The second kappa shape index (κ2) is 7.14. The summed E-state index contributed by atoms with van der Waals surface area (Å²) in [6.45, 7) is 4.64. The SMILES string of the molecule is Cc1ccccc1NCCC(=O)OCC1CCOC1. The normalized spacial score (nSPS) is 18.3. The summed E-state index contributed by atoms with van der Waals surface area (Å²) in [6.07, 6.45) is 1.39. The van der Waals surface area contributed by atoms with E-state index in [2.05, 4.69) is 5.32 Å². The van der Waals surface area contributed by atoms with Gasteiger partial charge in [0.15, 0.2) is 0 Å². The highest BCUT2D eigenvalue weighted by atomic mass is 16.5. The molecule has 1 aliphatic heterocycles. The minimum Gasteiger partial charge on any atom is -0.465 e. The fourth-order valence-corrected chi connectivity index (χ4v) is 2.07. The molecular formula is C15H21NO3. The van der Waals surface area contributed by atoms with Gasteiger partial charge in [-0.2, -0.15) is 0 Å². The first-order valence-electron chi connectivity index (χ1n) is 6.78. The maximum absolute atomic E-state index is 11.6. The molecule has 1 fully saturated rings. The van der Waals surface area contributed by atoms with Gasteiger partial charge in [-0.3, -0.25) is 4.79 Å². The number of rotatable bonds is 6. The number of nitrogens with one attached hydrogen (secondary N) is 1. The van der Waals surface area contributed by atoms with Crippen LogP contribution in [-0.2, 0) is 14.3 Å². The topological polar surface area (TPSA) is 47.6 Å². The number of carbonyl (C=O) groups is 1. The van der Waals surface area contributed by atoms with E-state index >= 15 is 0 Å². The van der Waals surface area contributed by atoms with Gasteiger partial charge in [-0.25, -0.2) is 0 Å². The molecule has 1 N–H and O–H groups in total. The Bertz CT molecular complexity index is 414. The average Bonchev–Trinajstić information content (AvgIpc) is 2.92. The van der Waals surface area contributed by atoms with Crippen LogP contribution in [0, 0.1) is 12.8 Å². The molecule has 0 amide bonds. The van der Waals surface area contributed by atoms with Gasteiger partial charge in [-0.1, -0.05) is 18.2 Å². The van der Waals surface area contributed by atoms with Crippen LogP contribution in [0.3, 0.4) is 0 Å². The summed E-state index contributed by atoms with van der Waals surface area (Å²) in [5.74, 6) is 0.237. The third-order valence-electron chi connectivity index (χ3n) is 3.29. The number of carbonyl (C=O) groups excluding carboxylic acids is 1. The van der Waals surface area contributed by atoms with Crippen molar-refractivity contribution in [1.29, 1.82) is 0 Å². The van der Waals surface area contributed by atoms with E-state index in [0.717, 1.165) is 25.3 Å². The first-order chi connectivity index (χ1) is 9.25. The van der Waals surface area contributed by atoms with Crippen molar-refractivity contribution in [1.82, 2.24) is 0 Å². The smallest absolute Gasteiger partial charge is 0.307 e. The largest absolute Gasteiger partial charge is 0.465 e. The molecule has 104 valence electrons. The summed E-state index contributed by atoms with van der Waals surface area (Å²) in [5, 5.41) is 3.25. The van der Waals surface area contributed by atoms with Crippen molar-refractivity contribution in [3.63, 3.8) is 0 Å². The Labute approximate surface area is 114 Å². The van der Waals surface area contributed by atoms with Gasteiger partial charge >= 0.3 is 5.97 Å². The minimum absolute atomic E-state index is 0.145. The zero-order valence-electron chi connectivity index (χ0n) is 11.4. The van der Waals surface area contributed by atoms with Crippen molar-refractivity contribution in [2.24, 2.45) is 5.92 Å². The average molecular weight is 263 g/mol. The van der Waals surface area contributed by atoms with Crippen molar-refractivity contribution in [2.75, 3.05) is 31.7 Å². The van der Waals surface area contributed by atoms with Gasteiger partial charge in [-0.15, -0.1) is 0 Å². The number of hydrogen-bond donors (Lipinski definition) is 1. The Morgan fingerprint density at radius 3 is 3.05 bits per heavy atom. The molecule has 4 nitrogen and oxygen atoms in total. The second-order valence-electron chi connectivity index (χ2n) is 4.90. The molecule has 4 heteroatoms. The Morgan fingerprint density at radius 2 is 2.32 bits per heavy atom. The van der Waals surface area contributed by atoms with Crippen LogP contribution >= 0.6 is 0 Å². The molecule has 1 aromatic carbocycles. The minimum atomic E-state index is -0.145. The van der Waals surface area contributed by atoms with Crippen molar-refractivity contribution in [2.45, 2.75) is 19.8 Å². The maximum Gasteiger partial charge on any atom is 0.307 e. The van der Waals surface area contributed by atoms with Crippen LogP contribution in [0.1, 0.15) is 18.4 Å². The molecule has 0 aliphatic carbocycles. The fourth-order valence-electron chi connectivity index (χ4n) is 2.07. The lowest BCUT2D eigenvalue weighted by molar-refractivity contribution is -0.144. The first kappa shape index (κ1) is 13.9. The van der Waals surface area contributed by atoms with Gasteiger partial charge in [0.1, 0.15) is 0 Å². The van der Waals surface area contributed by atoms with Crippen LogP contribution in [0.2, 0.25) is 0 Å². The van der Waals surface area contributed by atoms with E-state index in [9.17, 15) is 4.79 Å². The van der Waals surface area contributed by atoms with Crippen molar-refractivity contribution in [3.05, 3.63) is 29.8 Å². The van der Waals surface area contributed by atoms with Gasteiger partial charge in [0, 0.05) is 24.8 Å². The van der Waals surface area contributed by atoms with Crippen LogP contribution in [0.5, 0.6) is 0 Å². The number of esters is 1. The van der Waals surface area contributed by atoms with Gasteiger partial charge in [0.2, 0.25) is 0 Å². The number of benzene rings is 1. The number of anilines is 1. The van der Waals surface area contributed by atoms with Gasteiger partial charge in [0.25, 0.3) is 0 Å². The van der Waals surface area contributed by atoms with Gasteiger partial charge < -0.3 is 14.8 Å². The second-order valence-corrected chi connectivity index (χ2v) is 4.90. The Morgan fingerprint density at radius 1 is 1.47 bits per heavy atom. The van der Waals surface area contributed by atoms with Crippen molar-refractivity contribution in [3.8, 4) is 0 Å². The molecule has 1 atom stereocenters. The van der Waals surface area contributed by atoms with Gasteiger partial charge in [0.05, 0.1) is 19.6 Å². The molecule has 0 bridgehead atoms. The highest BCUT2D eigenvalue weighted by Gasteiger charge is 2.17. The standard InChI is InChI=1S/C15H21NO3/c1-12-4-2-3-5-14(12)16-8-6-15(17)19-11-13-7-9-18-10-13/h2-5,13,16H,6-11H2,1H3. The lowest BCUT2D eigenvalue weighted by Crippen LogP contribution is -2.16. The van der Waals surface area contributed by atoms with E-state index in [0.29, 0.717) is 25.5 Å². The Hall–Kier alpha value is -1.55. The Kier molecular flexibility index (Phi) is 5.21. The molecule has 1 unspecified atom stereocenters. The van der Waals surface area contributed by atoms with Crippen molar-refractivity contribution >= 4 is 11.7 Å². The lowest BCUT2D eigenvalue weighted by Gasteiger charge is -2.11. The molecule has 2 rings (SSSR count). The van der Waals surface area contributed by atoms with E-state index in [1.54, 1.807) is 0 Å². The van der Waals surface area contributed by atoms with E-state index in [1.165, 1.54) is 5.56 Å².